The first-order chi connectivity index (χ1) is 8.52. The molecule has 1 fully saturated rings. The molecule has 2 N–H and O–H groups in total. The summed E-state index contributed by atoms with van der Waals surface area (Å²) in [5, 5.41) is 12.8. The van der Waals surface area contributed by atoms with Gasteiger partial charge in [-0.15, -0.1) is 0 Å². The van der Waals surface area contributed by atoms with Crippen LogP contribution in [0.4, 0.5) is 0 Å². The third-order valence-electron chi connectivity index (χ3n) is 3.44. The number of aliphatic carboxylic acids is 1. The number of carboxylic acid groups (broad SMARTS) is 1. The van der Waals surface area contributed by atoms with E-state index in [4.69, 9.17) is 21.4 Å². The van der Waals surface area contributed by atoms with E-state index in [1.54, 1.807) is 13.2 Å². The van der Waals surface area contributed by atoms with Crippen molar-refractivity contribution >= 4 is 17.6 Å². The zero-order valence-electron chi connectivity index (χ0n) is 10.4. The van der Waals surface area contributed by atoms with Gasteiger partial charge in [-0.05, 0) is 36.6 Å². The molecule has 1 aromatic carbocycles. The van der Waals surface area contributed by atoms with Gasteiger partial charge in [0.25, 0.3) is 0 Å². The highest BCUT2D eigenvalue weighted by Crippen LogP contribution is 2.35. The van der Waals surface area contributed by atoms with Crippen molar-refractivity contribution in [1.82, 2.24) is 5.32 Å². The van der Waals surface area contributed by atoms with Crippen LogP contribution in [0.2, 0.25) is 5.02 Å². The van der Waals surface area contributed by atoms with E-state index in [9.17, 15) is 4.79 Å². The normalized spacial score (nSPS) is 23.1. The second-order valence-electron chi connectivity index (χ2n) is 4.55. The summed E-state index contributed by atoms with van der Waals surface area (Å²) in [4.78, 5) is 11.0. The third-order valence-corrected chi connectivity index (χ3v) is 3.66. The molecule has 2 atom stereocenters. The monoisotopic (exact) mass is 269 g/mol. The smallest absolute Gasteiger partial charge is 0.307 e. The zero-order valence-corrected chi connectivity index (χ0v) is 11.1. The molecule has 0 bridgehead atoms. The molecule has 2 unspecified atom stereocenters. The Morgan fingerprint density at radius 1 is 1.56 bits per heavy atom. The van der Waals surface area contributed by atoms with Gasteiger partial charge in [0.05, 0.1) is 13.0 Å². The molecule has 0 amide bonds. The van der Waals surface area contributed by atoms with Crippen LogP contribution >= 0.6 is 11.6 Å². The van der Waals surface area contributed by atoms with Gasteiger partial charge in [-0.1, -0.05) is 11.6 Å². The molecular formula is C13H16ClNO3. The average Bonchev–Trinajstić information content (AvgIpc) is 2.81. The Morgan fingerprint density at radius 2 is 2.28 bits per heavy atom. The van der Waals surface area contributed by atoms with E-state index in [2.05, 4.69) is 5.32 Å². The highest BCUT2D eigenvalue weighted by atomic mass is 35.5. The van der Waals surface area contributed by atoms with Gasteiger partial charge < -0.3 is 15.2 Å². The highest BCUT2D eigenvalue weighted by Gasteiger charge is 2.31. The molecule has 2 rings (SSSR count). The van der Waals surface area contributed by atoms with Gasteiger partial charge in [-0.2, -0.15) is 0 Å². The van der Waals surface area contributed by atoms with Crippen molar-refractivity contribution in [1.29, 1.82) is 0 Å². The van der Waals surface area contributed by atoms with Crippen molar-refractivity contribution in [3.8, 4) is 5.75 Å². The van der Waals surface area contributed by atoms with Crippen LogP contribution in [0.15, 0.2) is 12.1 Å². The van der Waals surface area contributed by atoms with Crippen LogP contribution in [0.25, 0.3) is 0 Å². The molecule has 1 heterocycles. The Kier molecular flexibility index (Phi) is 3.78. The predicted molar refractivity (Wildman–Crippen MR) is 69.2 cm³/mol. The van der Waals surface area contributed by atoms with Crippen LogP contribution in [0.1, 0.15) is 23.6 Å². The number of benzene rings is 1. The fourth-order valence-corrected chi connectivity index (χ4v) is 2.63. The van der Waals surface area contributed by atoms with Crippen molar-refractivity contribution in [3.05, 3.63) is 28.3 Å². The fraction of sp³-hybridized carbons (Fsp3) is 0.462. The van der Waals surface area contributed by atoms with Gasteiger partial charge >= 0.3 is 5.97 Å². The van der Waals surface area contributed by atoms with Gasteiger partial charge in [-0.3, -0.25) is 4.79 Å². The molecular weight excluding hydrogens is 254 g/mol. The molecule has 1 aliphatic heterocycles. The van der Waals surface area contributed by atoms with E-state index >= 15 is 0 Å². The summed E-state index contributed by atoms with van der Waals surface area (Å²) in [7, 11) is 1.60. The van der Waals surface area contributed by atoms with Crippen molar-refractivity contribution in [3.63, 3.8) is 0 Å². The largest absolute Gasteiger partial charge is 0.496 e. The van der Waals surface area contributed by atoms with E-state index in [0.717, 1.165) is 16.9 Å². The van der Waals surface area contributed by atoms with E-state index in [0.29, 0.717) is 18.0 Å². The molecule has 1 saturated heterocycles. The quantitative estimate of drug-likeness (QED) is 0.885. The predicted octanol–water partition coefficient (Wildman–Crippen LogP) is 2.39. The first-order valence-electron chi connectivity index (χ1n) is 5.83. The topological polar surface area (TPSA) is 58.6 Å². The zero-order chi connectivity index (χ0) is 13.3. The van der Waals surface area contributed by atoms with Crippen molar-refractivity contribution in [2.45, 2.75) is 19.4 Å². The van der Waals surface area contributed by atoms with E-state index in [-0.39, 0.29) is 12.0 Å². The first kappa shape index (κ1) is 13.2. The highest BCUT2D eigenvalue weighted by molar-refractivity contribution is 6.30. The molecule has 0 saturated carbocycles. The molecule has 1 aromatic rings. The maximum Gasteiger partial charge on any atom is 0.307 e. The minimum absolute atomic E-state index is 0.0266. The van der Waals surface area contributed by atoms with Gasteiger partial charge in [0.1, 0.15) is 5.75 Å². The number of rotatable bonds is 3. The van der Waals surface area contributed by atoms with E-state index < -0.39 is 5.97 Å². The van der Waals surface area contributed by atoms with Gasteiger partial charge in [-0.25, -0.2) is 0 Å². The minimum atomic E-state index is -0.753. The Balaban J connectivity index is 2.29. The number of carboxylic acids is 1. The lowest BCUT2D eigenvalue weighted by molar-refractivity contribution is -0.141. The Labute approximate surface area is 111 Å². The number of hydrogen-bond acceptors (Lipinski definition) is 3. The Morgan fingerprint density at radius 3 is 2.83 bits per heavy atom. The van der Waals surface area contributed by atoms with Gasteiger partial charge in [0, 0.05) is 17.6 Å². The molecule has 0 aromatic heterocycles. The van der Waals surface area contributed by atoms with Crippen molar-refractivity contribution in [2.24, 2.45) is 5.92 Å². The number of ether oxygens (including phenoxy) is 1. The fourth-order valence-electron chi connectivity index (χ4n) is 2.41. The third kappa shape index (κ3) is 2.44. The van der Waals surface area contributed by atoms with Crippen LogP contribution in [0.3, 0.4) is 0 Å². The summed E-state index contributed by atoms with van der Waals surface area (Å²) in [5.74, 6) is -0.353. The summed E-state index contributed by atoms with van der Waals surface area (Å²) in [6, 6.07) is 3.67. The minimum Gasteiger partial charge on any atom is -0.496 e. The Bertz CT molecular complexity index is 476. The van der Waals surface area contributed by atoms with Gasteiger partial charge in [0.15, 0.2) is 0 Å². The maximum absolute atomic E-state index is 11.0. The van der Waals surface area contributed by atoms with Crippen LogP contribution in [-0.4, -0.2) is 24.7 Å². The molecule has 5 heteroatoms. The van der Waals surface area contributed by atoms with Crippen molar-refractivity contribution in [2.75, 3.05) is 13.7 Å². The lowest BCUT2D eigenvalue weighted by Gasteiger charge is -2.17. The van der Waals surface area contributed by atoms with E-state index in [1.165, 1.54) is 0 Å². The summed E-state index contributed by atoms with van der Waals surface area (Å²) in [6.45, 7) is 2.45. The van der Waals surface area contributed by atoms with Crippen LogP contribution in [0.5, 0.6) is 5.75 Å². The van der Waals surface area contributed by atoms with Crippen LogP contribution < -0.4 is 10.1 Å². The average molecular weight is 270 g/mol. The molecule has 0 spiro atoms. The second kappa shape index (κ2) is 5.16. The SMILES string of the molecule is COc1cc(Cl)cc(C2CC(C(=O)O)CN2)c1C. The summed E-state index contributed by atoms with van der Waals surface area (Å²) >= 11 is 6.05. The second-order valence-corrected chi connectivity index (χ2v) is 4.99. The molecule has 1 aliphatic rings. The molecule has 4 nitrogen and oxygen atoms in total. The molecule has 18 heavy (non-hydrogen) atoms. The standard InChI is InChI=1S/C13H16ClNO3/c1-7-10(4-9(14)5-12(7)18-2)11-3-8(6-15-11)13(16)17/h4-5,8,11,15H,3,6H2,1-2H3,(H,16,17). The van der Waals surface area contributed by atoms with Crippen LogP contribution in [-0.2, 0) is 4.79 Å². The summed E-state index contributed by atoms with van der Waals surface area (Å²) in [5.41, 5.74) is 2.02. The summed E-state index contributed by atoms with van der Waals surface area (Å²) in [6.07, 6.45) is 0.583. The summed E-state index contributed by atoms with van der Waals surface area (Å²) < 4.78 is 5.27. The number of halogens is 1. The number of methoxy groups -OCH3 is 1. The first-order valence-corrected chi connectivity index (χ1v) is 6.21. The van der Waals surface area contributed by atoms with Crippen molar-refractivity contribution < 1.29 is 14.6 Å². The lowest BCUT2D eigenvalue weighted by Crippen LogP contribution is -2.17. The van der Waals surface area contributed by atoms with E-state index in [1.807, 2.05) is 13.0 Å². The number of nitrogens with one attached hydrogen (secondary N) is 1. The Hall–Kier alpha value is -1.26. The molecule has 0 radical (unpaired) electrons. The molecule has 98 valence electrons. The lowest BCUT2D eigenvalue weighted by atomic mass is 9.96. The number of carbonyl (C=O) groups is 1. The maximum atomic E-state index is 11.0. The van der Waals surface area contributed by atoms with Crippen LogP contribution in [0, 0.1) is 12.8 Å². The van der Waals surface area contributed by atoms with Gasteiger partial charge in [0.2, 0.25) is 0 Å². The number of hydrogen-bond donors (Lipinski definition) is 2. The molecule has 0 aliphatic carbocycles.